The fourth-order valence-electron chi connectivity index (χ4n) is 2.69. The number of nitrogens with one attached hydrogen (secondary N) is 1. The molecule has 1 unspecified atom stereocenters. The minimum atomic E-state index is -0.609. The number of likely N-dealkylation sites (tertiary alicyclic amines) is 1. The Kier molecular flexibility index (Phi) is 5.42. The lowest BCUT2D eigenvalue weighted by Gasteiger charge is -2.34. The van der Waals surface area contributed by atoms with Crippen LogP contribution in [0.3, 0.4) is 0 Å². The van der Waals surface area contributed by atoms with Gasteiger partial charge in [-0.3, -0.25) is 4.79 Å². The number of aliphatic hydroxyl groups is 1. The number of hydrogen-bond acceptors (Lipinski definition) is 4. The lowest BCUT2D eigenvalue weighted by atomic mass is 9.96. The number of carbonyl (C=O) groups excluding carboxylic acids is 1. The van der Waals surface area contributed by atoms with Gasteiger partial charge in [-0.2, -0.15) is 0 Å². The van der Waals surface area contributed by atoms with E-state index in [2.05, 4.69) is 10.2 Å². The Hall–Kier alpha value is -1.33. The fraction of sp³-hybridized carbons (Fsp3) is 0.688. The van der Waals surface area contributed by atoms with Crippen LogP contribution in [0, 0.1) is 5.92 Å². The van der Waals surface area contributed by atoms with Crippen LogP contribution in [0.25, 0.3) is 0 Å². The van der Waals surface area contributed by atoms with Crippen LogP contribution >= 0.6 is 0 Å². The van der Waals surface area contributed by atoms with Crippen LogP contribution in [0.5, 0.6) is 0 Å². The van der Waals surface area contributed by atoms with Crippen molar-refractivity contribution in [2.24, 2.45) is 5.92 Å². The van der Waals surface area contributed by atoms with Gasteiger partial charge in [0.2, 0.25) is 0 Å². The highest BCUT2D eigenvalue weighted by Gasteiger charge is 2.22. The molecule has 1 aromatic heterocycles. The highest BCUT2D eigenvalue weighted by molar-refractivity contribution is 5.93. The molecule has 2 heterocycles. The molecule has 1 fully saturated rings. The average molecular weight is 294 g/mol. The predicted octanol–water partition coefficient (Wildman–Crippen LogP) is 1.88. The first kappa shape index (κ1) is 16.0. The molecule has 1 aliphatic heterocycles. The molecule has 0 bridgehead atoms. The molecule has 0 spiro atoms. The van der Waals surface area contributed by atoms with E-state index in [1.54, 1.807) is 6.07 Å². The summed E-state index contributed by atoms with van der Waals surface area (Å²) in [7, 11) is 0. The Morgan fingerprint density at radius 3 is 3.05 bits per heavy atom. The quantitative estimate of drug-likeness (QED) is 0.841. The first-order valence-corrected chi connectivity index (χ1v) is 7.69. The van der Waals surface area contributed by atoms with Crippen molar-refractivity contribution in [3.05, 3.63) is 24.2 Å². The van der Waals surface area contributed by atoms with E-state index in [4.69, 9.17) is 4.42 Å². The molecule has 2 rings (SSSR count). The van der Waals surface area contributed by atoms with Crippen LogP contribution in [0.1, 0.15) is 43.5 Å². The van der Waals surface area contributed by atoms with Crippen molar-refractivity contribution in [2.45, 2.75) is 38.7 Å². The maximum absolute atomic E-state index is 11.9. The molecule has 0 saturated carbocycles. The molecule has 1 atom stereocenters. The molecule has 1 aliphatic rings. The van der Waals surface area contributed by atoms with Gasteiger partial charge in [0.05, 0.1) is 17.4 Å². The summed E-state index contributed by atoms with van der Waals surface area (Å²) in [6.45, 7) is 7.38. The van der Waals surface area contributed by atoms with Gasteiger partial charge in [-0.25, -0.2) is 0 Å². The van der Waals surface area contributed by atoms with Gasteiger partial charge in [-0.1, -0.05) is 0 Å². The highest BCUT2D eigenvalue weighted by Crippen LogP contribution is 2.18. The van der Waals surface area contributed by atoms with Crippen LogP contribution in [-0.4, -0.2) is 47.7 Å². The second kappa shape index (κ2) is 7.09. The van der Waals surface area contributed by atoms with Gasteiger partial charge in [0, 0.05) is 19.6 Å². The molecule has 2 N–H and O–H groups in total. The van der Waals surface area contributed by atoms with E-state index < -0.39 is 5.60 Å². The van der Waals surface area contributed by atoms with Crippen molar-refractivity contribution in [3.8, 4) is 0 Å². The zero-order chi connectivity index (χ0) is 15.3. The second-order valence-electron chi connectivity index (χ2n) is 6.59. The lowest BCUT2D eigenvalue weighted by Crippen LogP contribution is -2.42. The first-order chi connectivity index (χ1) is 9.94. The number of nitrogens with zero attached hydrogens (tertiary/aromatic N) is 1. The maximum Gasteiger partial charge on any atom is 0.254 e. The zero-order valence-electron chi connectivity index (χ0n) is 13.0. The highest BCUT2D eigenvalue weighted by atomic mass is 16.3. The average Bonchev–Trinajstić information content (AvgIpc) is 2.96. The largest absolute Gasteiger partial charge is 0.472 e. The Bertz CT molecular complexity index is 437. The number of hydrogen-bond donors (Lipinski definition) is 2. The molecular formula is C16H26N2O3. The number of piperidine rings is 1. The summed E-state index contributed by atoms with van der Waals surface area (Å²) in [5.41, 5.74) is -0.0349. The van der Waals surface area contributed by atoms with Crippen LogP contribution in [0.4, 0.5) is 0 Å². The Morgan fingerprint density at radius 2 is 2.38 bits per heavy atom. The minimum absolute atomic E-state index is 0.0719. The SMILES string of the molecule is CC(C)(O)CCN1CCCC(CNC(=O)c2ccoc2)C1. The van der Waals surface area contributed by atoms with Gasteiger partial charge in [0.1, 0.15) is 6.26 Å². The summed E-state index contributed by atoms with van der Waals surface area (Å²) >= 11 is 0. The van der Waals surface area contributed by atoms with Crippen LogP contribution in [0.15, 0.2) is 23.0 Å². The van der Waals surface area contributed by atoms with Crippen molar-refractivity contribution in [3.63, 3.8) is 0 Å². The van der Waals surface area contributed by atoms with Crippen LogP contribution in [-0.2, 0) is 0 Å². The van der Waals surface area contributed by atoms with Crippen LogP contribution in [0.2, 0.25) is 0 Å². The topological polar surface area (TPSA) is 65.7 Å². The molecule has 118 valence electrons. The lowest BCUT2D eigenvalue weighted by molar-refractivity contribution is 0.0504. The Labute approximate surface area is 126 Å². The molecule has 0 aromatic carbocycles. The molecule has 0 radical (unpaired) electrons. The summed E-state index contributed by atoms with van der Waals surface area (Å²) < 4.78 is 4.92. The normalized spacial score (nSPS) is 20.4. The van der Waals surface area contributed by atoms with E-state index in [-0.39, 0.29) is 5.91 Å². The van der Waals surface area contributed by atoms with Gasteiger partial charge in [-0.15, -0.1) is 0 Å². The molecule has 5 nitrogen and oxygen atoms in total. The Balaban J connectivity index is 1.72. The summed E-state index contributed by atoms with van der Waals surface area (Å²) in [6, 6.07) is 1.67. The third-order valence-corrected chi connectivity index (χ3v) is 3.98. The van der Waals surface area contributed by atoms with Gasteiger partial charge >= 0.3 is 0 Å². The van der Waals surface area contributed by atoms with Gasteiger partial charge in [0.25, 0.3) is 5.91 Å². The molecule has 5 heteroatoms. The van der Waals surface area contributed by atoms with Gasteiger partial charge in [-0.05, 0) is 51.6 Å². The maximum atomic E-state index is 11.9. The van der Waals surface area contributed by atoms with E-state index in [0.29, 0.717) is 18.0 Å². The van der Waals surface area contributed by atoms with Crippen molar-refractivity contribution in [2.75, 3.05) is 26.2 Å². The Morgan fingerprint density at radius 1 is 1.57 bits per heavy atom. The van der Waals surface area contributed by atoms with Crippen molar-refractivity contribution in [1.29, 1.82) is 0 Å². The second-order valence-corrected chi connectivity index (χ2v) is 6.59. The minimum Gasteiger partial charge on any atom is -0.472 e. The molecular weight excluding hydrogens is 268 g/mol. The molecule has 1 amide bonds. The van der Waals surface area contributed by atoms with Gasteiger partial charge in [0.15, 0.2) is 0 Å². The van der Waals surface area contributed by atoms with Crippen molar-refractivity contribution >= 4 is 5.91 Å². The van der Waals surface area contributed by atoms with E-state index in [1.807, 2.05) is 13.8 Å². The molecule has 0 aliphatic carbocycles. The third kappa shape index (κ3) is 5.52. The van der Waals surface area contributed by atoms with Crippen molar-refractivity contribution in [1.82, 2.24) is 10.2 Å². The predicted molar refractivity (Wildman–Crippen MR) is 81.1 cm³/mol. The number of furan rings is 1. The van der Waals surface area contributed by atoms with E-state index in [1.165, 1.54) is 12.5 Å². The summed E-state index contributed by atoms with van der Waals surface area (Å²) in [5, 5.41) is 12.8. The first-order valence-electron chi connectivity index (χ1n) is 7.69. The fourth-order valence-corrected chi connectivity index (χ4v) is 2.69. The van der Waals surface area contributed by atoms with E-state index >= 15 is 0 Å². The number of rotatable bonds is 6. The molecule has 1 saturated heterocycles. The van der Waals surface area contributed by atoms with Crippen molar-refractivity contribution < 1.29 is 14.3 Å². The monoisotopic (exact) mass is 294 g/mol. The van der Waals surface area contributed by atoms with E-state index in [0.717, 1.165) is 38.9 Å². The van der Waals surface area contributed by atoms with E-state index in [9.17, 15) is 9.90 Å². The smallest absolute Gasteiger partial charge is 0.254 e. The number of amides is 1. The van der Waals surface area contributed by atoms with Crippen LogP contribution < -0.4 is 5.32 Å². The summed E-state index contributed by atoms with van der Waals surface area (Å²) in [4.78, 5) is 14.3. The summed E-state index contributed by atoms with van der Waals surface area (Å²) in [5.74, 6) is 0.411. The molecule has 1 aromatic rings. The third-order valence-electron chi connectivity index (χ3n) is 3.98. The standard InChI is InChI=1S/C16H26N2O3/c1-16(2,20)6-8-18-7-3-4-13(11-18)10-17-15(19)14-5-9-21-12-14/h5,9,12-13,20H,3-4,6-8,10-11H2,1-2H3,(H,17,19). The molecule has 21 heavy (non-hydrogen) atoms. The zero-order valence-corrected chi connectivity index (χ0v) is 13.0. The van der Waals surface area contributed by atoms with Gasteiger partial charge < -0.3 is 19.7 Å². The summed E-state index contributed by atoms with van der Waals surface area (Å²) in [6.07, 6.45) is 6.05. The number of carbonyl (C=O) groups is 1.